The number of hydrogen-bond acceptors (Lipinski definition) is 5. The zero-order valence-corrected chi connectivity index (χ0v) is 14.7. The second kappa shape index (κ2) is 6.80. The molecule has 1 saturated heterocycles. The molecule has 4 rings (SSSR count). The zero-order chi connectivity index (χ0) is 17.2. The first-order chi connectivity index (χ1) is 12.2. The van der Waals surface area contributed by atoms with Gasteiger partial charge in [-0.3, -0.25) is 9.88 Å². The average molecular weight is 337 g/mol. The lowest BCUT2D eigenvalue weighted by Gasteiger charge is -2.34. The number of aromatic nitrogens is 4. The Morgan fingerprint density at radius 3 is 2.84 bits per heavy atom. The summed E-state index contributed by atoms with van der Waals surface area (Å²) in [7, 11) is 2.01. The molecular weight excluding hydrogens is 314 g/mol. The molecule has 0 N–H and O–H groups in total. The number of piperidine rings is 1. The highest BCUT2D eigenvalue weighted by atomic mass is 16.4. The third kappa shape index (κ3) is 3.22. The van der Waals surface area contributed by atoms with Crippen molar-refractivity contribution in [3.63, 3.8) is 0 Å². The molecule has 0 bridgehead atoms. The van der Waals surface area contributed by atoms with Crippen LogP contribution in [-0.2, 0) is 13.6 Å². The van der Waals surface area contributed by atoms with Crippen molar-refractivity contribution in [1.82, 2.24) is 24.6 Å². The second-order valence-electron chi connectivity index (χ2n) is 6.66. The SMILES string of the molecule is Cc1ccc(-c2nnc(CN3CCCC[C@H]3c3ccccn3)o2)n1C. The standard InChI is InChI=1S/C19H23N5O/c1-14-9-10-17(23(14)2)19-22-21-18(25-19)13-24-12-6-4-8-16(24)15-7-3-5-11-20-15/h3,5,7,9-11,16H,4,6,8,12-13H2,1-2H3/t16-/m0/s1. The fourth-order valence-corrected chi connectivity index (χ4v) is 3.51. The molecule has 0 amide bonds. The predicted octanol–water partition coefficient (Wildman–Crippen LogP) is 3.51. The normalized spacial score (nSPS) is 18.6. The summed E-state index contributed by atoms with van der Waals surface area (Å²) in [6.07, 6.45) is 5.41. The van der Waals surface area contributed by atoms with Crippen LogP contribution in [0, 0.1) is 6.92 Å². The molecule has 6 nitrogen and oxygen atoms in total. The van der Waals surface area contributed by atoms with E-state index in [4.69, 9.17) is 4.42 Å². The molecule has 0 saturated carbocycles. The molecule has 0 radical (unpaired) electrons. The van der Waals surface area contributed by atoms with E-state index in [-0.39, 0.29) is 0 Å². The van der Waals surface area contributed by atoms with Crippen molar-refractivity contribution in [3.8, 4) is 11.6 Å². The van der Waals surface area contributed by atoms with E-state index in [1.165, 1.54) is 18.5 Å². The Labute approximate surface area is 147 Å². The maximum Gasteiger partial charge on any atom is 0.264 e. The van der Waals surface area contributed by atoms with E-state index in [0.717, 1.165) is 24.4 Å². The van der Waals surface area contributed by atoms with E-state index >= 15 is 0 Å². The van der Waals surface area contributed by atoms with Gasteiger partial charge in [0.2, 0.25) is 5.89 Å². The van der Waals surface area contributed by atoms with Crippen molar-refractivity contribution in [2.24, 2.45) is 7.05 Å². The zero-order valence-electron chi connectivity index (χ0n) is 14.7. The summed E-state index contributed by atoms with van der Waals surface area (Å²) in [4.78, 5) is 6.95. The first-order valence-corrected chi connectivity index (χ1v) is 8.82. The van der Waals surface area contributed by atoms with Gasteiger partial charge in [-0.05, 0) is 50.6 Å². The number of likely N-dealkylation sites (tertiary alicyclic amines) is 1. The third-order valence-electron chi connectivity index (χ3n) is 5.04. The van der Waals surface area contributed by atoms with Crippen LogP contribution in [0.1, 0.15) is 42.6 Å². The first kappa shape index (κ1) is 16.0. The Morgan fingerprint density at radius 2 is 2.08 bits per heavy atom. The maximum atomic E-state index is 5.95. The van der Waals surface area contributed by atoms with E-state index in [1.807, 2.05) is 25.4 Å². The van der Waals surface area contributed by atoms with Crippen molar-refractivity contribution in [2.75, 3.05) is 6.54 Å². The van der Waals surface area contributed by atoms with Gasteiger partial charge in [-0.1, -0.05) is 12.5 Å². The molecule has 4 heterocycles. The highest BCUT2D eigenvalue weighted by Crippen LogP contribution is 2.31. The van der Waals surface area contributed by atoms with Crippen molar-refractivity contribution >= 4 is 0 Å². The molecule has 0 spiro atoms. The lowest BCUT2D eigenvalue weighted by molar-refractivity contribution is 0.125. The maximum absolute atomic E-state index is 5.95. The molecule has 25 heavy (non-hydrogen) atoms. The van der Waals surface area contributed by atoms with E-state index in [0.29, 0.717) is 24.4 Å². The minimum Gasteiger partial charge on any atom is -0.418 e. The van der Waals surface area contributed by atoms with Gasteiger partial charge >= 0.3 is 0 Å². The smallest absolute Gasteiger partial charge is 0.264 e. The lowest BCUT2D eigenvalue weighted by atomic mass is 9.99. The van der Waals surface area contributed by atoms with Crippen LogP contribution >= 0.6 is 0 Å². The van der Waals surface area contributed by atoms with Gasteiger partial charge in [0, 0.05) is 18.9 Å². The summed E-state index contributed by atoms with van der Waals surface area (Å²) in [5.74, 6) is 1.24. The van der Waals surface area contributed by atoms with Crippen molar-refractivity contribution in [1.29, 1.82) is 0 Å². The van der Waals surface area contributed by atoms with Gasteiger partial charge < -0.3 is 8.98 Å². The predicted molar refractivity (Wildman–Crippen MR) is 94.7 cm³/mol. The lowest BCUT2D eigenvalue weighted by Crippen LogP contribution is -2.33. The summed E-state index contributed by atoms with van der Waals surface area (Å²) < 4.78 is 8.01. The number of hydrogen-bond donors (Lipinski definition) is 0. The minimum absolute atomic E-state index is 0.322. The Morgan fingerprint density at radius 1 is 1.16 bits per heavy atom. The van der Waals surface area contributed by atoms with Gasteiger partial charge in [-0.15, -0.1) is 10.2 Å². The molecule has 1 atom stereocenters. The molecule has 1 aliphatic heterocycles. The van der Waals surface area contributed by atoms with Crippen LogP contribution in [0.25, 0.3) is 11.6 Å². The topological polar surface area (TPSA) is 60.0 Å². The Hall–Kier alpha value is -2.47. The summed E-state index contributed by atoms with van der Waals surface area (Å²) in [6.45, 7) is 3.76. The minimum atomic E-state index is 0.322. The monoisotopic (exact) mass is 337 g/mol. The fourth-order valence-electron chi connectivity index (χ4n) is 3.51. The number of nitrogens with zero attached hydrogens (tertiary/aromatic N) is 5. The molecule has 3 aromatic rings. The largest absolute Gasteiger partial charge is 0.418 e. The summed E-state index contributed by atoms with van der Waals surface area (Å²) in [5.41, 5.74) is 3.25. The van der Waals surface area contributed by atoms with Crippen molar-refractivity contribution < 1.29 is 4.42 Å². The van der Waals surface area contributed by atoms with Gasteiger partial charge in [0.05, 0.1) is 18.3 Å². The van der Waals surface area contributed by atoms with Gasteiger partial charge in [-0.25, -0.2) is 0 Å². The van der Waals surface area contributed by atoms with Crippen LogP contribution < -0.4 is 0 Å². The summed E-state index contributed by atoms with van der Waals surface area (Å²) in [6, 6.07) is 10.5. The Kier molecular flexibility index (Phi) is 4.36. The molecule has 0 aliphatic carbocycles. The van der Waals surface area contributed by atoms with E-state index in [9.17, 15) is 0 Å². The number of aryl methyl sites for hydroxylation is 1. The second-order valence-corrected chi connectivity index (χ2v) is 6.66. The quantitative estimate of drug-likeness (QED) is 0.729. The molecule has 1 fully saturated rings. The highest BCUT2D eigenvalue weighted by molar-refractivity contribution is 5.48. The summed E-state index contributed by atoms with van der Waals surface area (Å²) in [5, 5.41) is 8.52. The van der Waals surface area contributed by atoms with Crippen LogP contribution in [0.5, 0.6) is 0 Å². The van der Waals surface area contributed by atoms with Crippen LogP contribution in [-0.4, -0.2) is 31.2 Å². The Balaban J connectivity index is 1.54. The van der Waals surface area contributed by atoms with Crippen molar-refractivity contribution in [3.05, 3.63) is 53.8 Å². The Bertz CT molecular complexity index is 839. The van der Waals surface area contributed by atoms with Crippen LogP contribution in [0.15, 0.2) is 40.9 Å². The third-order valence-corrected chi connectivity index (χ3v) is 5.04. The van der Waals surface area contributed by atoms with Gasteiger partial charge in [-0.2, -0.15) is 0 Å². The van der Waals surface area contributed by atoms with Crippen LogP contribution in [0.3, 0.4) is 0 Å². The number of pyridine rings is 1. The fraction of sp³-hybridized carbons (Fsp3) is 0.421. The van der Waals surface area contributed by atoms with Crippen LogP contribution in [0.4, 0.5) is 0 Å². The average Bonchev–Trinajstić information content (AvgIpc) is 3.23. The molecule has 0 aromatic carbocycles. The molecule has 0 unspecified atom stereocenters. The molecular formula is C19H23N5O. The summed E-state index contributed by atoms with van der Waals surface area (Å²) >= 11 is 0. The van der Waals surface area contributed by atoms with Gasteiger partial charge in [0.15, 0.2) is 0 Å². The molecule has 1 aliphatic rings. The van der Waals surface area contributed by atoms with Crippen molar-refractivity contribution in [2.45, 2.75) is 38.8 Å². The molecule has 6 heteroatoms. The number of rotatable bonds is 4. The van der Waals surface area contributed by atoms with E-state index in [1.54, 1.807) is 0 Å². The molecule has 3 aromatic heterocycles. The van der Waals surface area contributed by atoms with E-state index < -0.39 is 0 Å². The molecule has 130 valence electrons. The van der Waals surface area contributed by atoms with Gasteiger partial charge in [0.1, 0.15) is 5.69 Å². The van der Waals surface area contributed by atoms with E-state index in [2.05, 4.69) is 49.8 Å². The van der Waals surface area contributed by atoms with Crippen LogP contribution in [0.2, 0.25) is 0 Å². The highest BCUT2D eigenvalue weighted by Gasteiger charge is 2.26. The first-order valence-electron chi connectivity index (χ1n) is 8.82. The van der Waals surface area contributed by atoms with Gasteiger partial charge in [0.25, 0.3) is 5.89 Å².